The molecule has 21 heavy (non-hydrogen) atoms. The van der Waals surface area contributed by atoms with Crippen LogP contribution in [0.5, 0.6) is 5.75 Å². The summed E-state index contributed by atoms with van der Waals surface area (Å²) in [6.45, 7) is 4.46. The Morgan fingerprint density at radius 2 is 1.71 bits per heavy atom. The zero-order valence-electron chi connectivity index (χ0n) is 12.7. The molecule has 0 aromatic heterocycles. The van der Waals surface area contributed by atoms with E-state index in [-0.39, 0.29) is 0 Å². The SMILES string of the molecule is COc1cc[c]c(-c2ccc(N3CCN(C)CC3)cc2)c1. The van der Waals surface area contributed by atoms with Crippen LogP contribution in [0.3, 0.4) is 0 Å². The van der Waals surface area contributed by atoms with E-state index in [0.29, 0.717) is 0 Å². The molecule has 0 spiro atoms. The van der Waals surface area contributed by atoms with Gasteiger partial charge in [-0.1, -0.05) is 18.2 Å². The molecule has 1 saturated heterocycles. The van der Waals surface area contributed by atoms with Crippen molar-refractivity contribution in [3.05, 3.63) is 48.5 Å². The summed E-state index contributed by atoms with van der Waals surface area (Å²) in [4.78, 5) is 4.81. The predicted molar refractivity (Wildman–Crippen MR) is 87.0 cm³/mol. The fourth-order valence-electron chi connectivity index (χ4n) is 2.66. The monoisotopic (exact) mass is 281 g/mol. The molecule has 1 radical (unpaired) electrons. The van der Waals surface area contributed by atoms with Crippen molar-refractivity contribution in [2.24, 2.45) is 0 Å². The number of anilines is 1. The summed E-state index contributed by atoms with van der Waals surface area (Å²) in [5.74, 6) is 0.867. The van der Waals surface area contributed by atoms with Crippen LogP contribution in [0.1, 0.15) is 0 Å². The van der Waals surface area contributed by atoms with E-state index in [1.54, 1.807) is 7.11 Å². The third-order valence-electron chi connectivity index (χ3n) is 4.06. The van der Waals surface area contributed by atoms with Gasteiger partial charge >= 0.3 is 0 Å². The first-order valence-electron chi connectivity index (χ1n) is 7.36. The van der Waals surface area contributed by atoms with Gasteiger partial charge < -0.3 is 14.5 Å². The van der Waals surface area contributed by atoms with Crippen molar-refractivity contribution >= 4 is 5.69 Å². The van der Waals surface area contributed by atoms with Gasteiger partial charge in [0.2, 0.25) is 0 Å². The van der Waals surface area contributed by atoms with Gasteiger partial charge in [-0.05, 0) is 48.5 Å². The van der Waals surface area contributed by atoms with Crippen LogP contribution in [0.2, 0.25) is 0 Å². The van der Waals surface area contributed by atoms with Crippen LogP contribution in [0, 0.1) is 6.07 Å². The summed E-state index contributed by atoms with van der Waals surface area (Å²) in [6.07, 6.45) is 0. The van der Waals surface area contributed by atoms with Crippen molar-refractivity contribution in [2.75, 3.05) is 45.2 Å². The molecule has 0 bridgehead atoms. The lowest BCUT2D eigenvalue weighted by atomic mass is 10.0. The second-order valence-corrected chi connectivity index (χ2v) is 5.48. The smallest absolute Gasteiger partial charge is 0.119 e. The van der Waals surface area contributed by atoms with Crippen molar-refractivity contribution < 1.29 is 4.74 Å². The maximum Gasteiger partial charge on any atom is 0.119 e. The van der Waals surface area contributed by atoms with Crippen molar-refractivity contribution in [1.29, 1.82) is 0 Å². The molecule has 3 nitrogen and oxygen atoms in total. The molecule has 2 aromatic carbocycles. The van der Waals surface area contributed by atoms with Crippen LogP contribution in [-0.4, -0.2) is 45.2 Å². The van der Waals surface area contributed by atoms with Crippen LogP contribution >= 0.6 is 0 Å². The van der Waals surface area contributed by atoms with E-state index in [1.165, 1.54) is 11.3 Å². The normalized spacial score (nSPS) is 16.0. The summed E-state index contributed by atoms with van der Waals surface area (Å²) in [7, 11) is 3.87. The molecule has 0 unspecified atom stereocenters. The van der Waals surface area contributed by atoms with Crippen LogP contribution in [0.4, 0.5) is 5.69 Å². The Morgan fingerprint density at radius 3 is 2.38 bits per heavy atom. The molecule has 0 atom stereocenters. The first-order valence-corrected chi connectivity index (χ1v) is 7.36. The number of hydrogen-bond donors (Lipinski definition) is 0. The van der Waals surface area contributed by atoms with E-state index in [9.17, 15) is 0 Å². The topological polar surface area (TPSA) is 15.7 Å². The minimum Gasteiger partial charge on any atom is -0.497 e. The van der Waals surface area contributed by atoms with Gasteiger partial charge in [0.1, 0.15) is 5.75 Å². The fourth-order valence-corrected chi connectivity index (χ4v) is 2.66. The number of ether oxygens (including phenoxy) is 1. The number of rotatable bonds is 3. The lowest BCUT2D eigenvalue weighted by Gasteiger charge is -2.34. The zero-order chi connectivity index (χ0) is 14.7. The van der Waals surface area contributed by atoms with E-state index >= 15 is 0 Å². The highest BCUT2D eigenvalue weighted by Gasteiger charge is 2.14. The molecule has 0 amide bonds. The van der Waals surface area contributed by atoms with E-state index in [4.69, 9.17) is 4.74 Å². The highest BCUT2D eigenvalue weighted by Crippen LogP contribution is 2.26. The maximum absolute atomic E-state index is 5.27. The average molecular weight is 281 g/mol. The van der Waals surface area contributed by atoms with Crippen LogP contribution in [0.15, 0.2) is 42.5 Å². The Morgan fingerprint density at radius 1 is 1.00 bits per heavy atom. The average Bonchev–Trinajstić information content (AvgIpc) is 2.56. The van der Waals surface area contributed by atoms with Gasteiger partial charge in [0.05, 0.1) is 7.11 Å². The molecule has 1 aliphatic heterocycles. The highest BCUT2D eigenvalue weighted by molar-refractivity contribution is 5.67. The first-order chi connectivity index (χ1) is 10.3. The summed E-state index contributed by atoms with van der Waals surface area (Å²) in [6, 6.07) is 17.8. The number of methoxy groups -OCH3 is 1. The van der Waals surface area contributed by atoms with E-state index in [2.05, 4.69) is 47.2 Å². The molecule has 0 aliphatic carbocycles. The molecule has 1 aliphatic rings. The Labute approximate surface area is 126 Å². The minimum absolute atomic E-state index is 0.867. The summed E-state index contributed by atoms with van der Waals surface area (Å²) in [5, 5.41) is 0. The van der Waals surface area contributed by atoms with Gasteiger partial charge in [0.15, 0.2) is 0 Å². The van der Waals surface area contributed by atoms with Gasteiger partial charge in [0.25, 0.3) is 0 Å². The van der Waals surface area contributed by atoms with E-state index in [1.807, 2.05) is 18.2 Å². The van der Waals surface area contributed by atoms with Gasteiger partial charge in [-0.25, -0.2) is 0 Å². The van der Waals surface area contributed by atoms with Crippen molar-refractivity contribution in [2.45, 2.75) is 0 Å². The van der Waals surface area contributed by atoms with Gasteiger partial charge in [-0.2, -0.15) is 0 Å². The summed E-state index contributed by atoms with van der Waals surface area (Å²) < 4.78 is 5.27. The molecule has 0 N–H and O–H groups in total. The molecule has 0 saturated carbocycles. The van der Waals surface area contributed by atoms with Gasteiger partial charge in [0, 0.05) is 31.9 Å². The first kappa shape index (κ1) is 14.0. The van der Waals surface area contributed by atoms with E-state index in [0.717, 1.165) is 37.5 Å². The van der Waals surface area contributed by atoms with Gasteiger partial charge in [-0.15, -0.1) is 0 Å². The zero-order valence-corrected chi connectivity index (χ0v) is 12.7. The maximum atomic E-state index is 5.27. The minimum atomic E-state index is 0.867. The predicted octanol–water partition coefficient (Wildman–Crippen LogP) is 2.91. The Balaban J connectivity index is 1.77. The quantitative estimate of drug-likeness (QED) is 0.860. The lowest BCUT2D eigenvalue weighted by molar-refractivity contribution is 0.313. The second-order valence-electron chi connectivity index (χ2n) is 5.48. The van der Waals surface area contributed by atoms with Crippen LogP contribution < -0.4 is 9.64 Å². The van der Waals surface area contributed by atoms with Crippen molar-refractivity contribution in [3.63, 3.8) is 0 Å². The Hall–Kier alpha value is -2.00. The Kier molecular flexibility index (Phi) is 4.11. The second kappa shape index (κ2) is 6.19. The summed E-state index contributed by atoms with van der Waals surface area (Å²) in [5.41, 5.74) is 3.54. The fraction of sp³-hybridized carbons (Fsp3) is 0.333. The van der Waals surface area contributed by atoms with Crippen molar-refractivity contribution in [1.82, 2.24) is 4.90 Å². The van der Waals surface area contributed by atoms with Gasteiger partial charge in [-0.3, -0.25) is 0 Å². The molecule has 109 valence electrons. The number of likely N-dealkylation sites (N-methyl/N-ethyl adjacent to an activating group) is 1. The number of hydrogen-bond acceptors (Lipinski definition) is 3. The molecule has 3 rings (SSSR count). The largest absolute Gasteiger partial charge is 0.497 e. The third kappa shape index (κ3) is 3.19. The standard InChI is InChI=1S/C18H21N2O/c1-19-10-12-20(13-11-19)17-8-6-15(7-9-17)16-4-3-5-18(14-16)21-2/h3,5-9,14H,10-13H2,1-2H3. The number of piperazine rings is 1. The molecule has 1 heterocycles. The molecular formula is C18H21N2O. The third-order valence-corrected chi connectivity index (χ3v) is 4.06. The Bertz CT molecular complexity index is 586. The lowest BCUT2D eigenvalue weighted by Crippen LogP contribution is -2.44. The molecule has 2 aromatic rings. The summed E-state index contributed by atoms with van der Waals surface area (Å²) >= 11 is 0. The molecule has 1 fully saturated rings. The molecular weight excluding hydrogens is 260 g/mol. The molecule has 3 heteroatoms. The van der Waals surface area contributed by atoms with Crippen molar-refractivity contribution in [3.8, 4) is 16.9 Å². The van der Waals surface area contributed by atoms with Crippen LogP contribution in [-0.2, 0) is 0 Å². The number of benzene rings is 2. The van der Waals surface area contributed by atoms with Crippen LogP contribution in [0.25, 0.3) is 11.1 Å². The van der Waals surface area contributed by atoms with E-state index < -0.39 is 0 Å². The highest BCUT2D eigenvalue weighted by atomic mass is 16.5. The number of nitrogens with zero attached hydrogens (tertiary/aromatic N) is 2.